The van der Waals surface area contributed by atoms with E-state index < -0.39 is 0 Å². The summed E-state index contributed by atoms with van der Waals surface area (Å²) in [5, 5.41) is 3.72. The summed E-state index contributed by atoms with van der Waals surface area (Å²) < 4.78 is 0. The van der Waals surface area contributed by atoms with Gasteiger partial charge in [0.05, 0.1) is 6.54 Å². The van der Waals surface area contributed by atoms with Crippen molar-refractivity contribution in [3.8, 4) is 0 Å². The number of carbonyl (C=O) groups excluding carboxylic acids is 1. The molecule has 0 bridgehead atoms. The highest BCUT2D eigenvalue weighted by Crippen LogP contribution is 2.24. The smallest absolute Gasteiger partial charge is 0.236 e. The molecule has 1 fully saturated rings. The van der Waals surface area contributed by atoms with Gasteiger partial charge >= 0.3 is 0 Å². The zero-order chi connectivity index (χ0) is 13.0. The Hall–Kier alpha value is -1.06. The van der Waals surface area contributed by atoms with E-state index in [0.29, 0.717) is 12.6 Å². The Labute approximate surface area is 113 Å². The largest absolute Gasteiger partial charge is 0.338 e. The van der Waals surface area contributed by atoms with Crippen LogP contribution in [0.5, 0.6) is 0 Å². The Morgan fingerprint density at radius 2 is 2.28 bits per heavy atom. The molecule has 1 saturated heterocycles. The van der Waals surface area contributed by atoms with Crippen molar-refractivity contribution < 1.29 is 4.79 Å². The molecule has 1 heterocycles. The van der Waals surface area contributed by atoms with E-state index in [9.17, 15) is 4.79 Å². The highest BCUT2D eigenvalue weighted by atomic mass is 35.5. The summed E-state index contributed by atoms with van der Waals surface area (Å²) in [7, 11) is 1.80. The Balaban J connectivity index is 2.04. The summed E-state index contributed by atoms with van der Waals surface area (Å²) in [6.07, 6.45) is 3.01. The van der Waals surface area contributed by atoms with Crippen molar-refractivity contribution in [2.24, 2.45) is 0 Å². The molecule has 0 radical (unpaired) electrons. The number of nitrogens with zero attached hydrogens (tertiary/aromatic N) is 1. The molecule has 1 aliphatic rings. The SMILES string of the molecule is CNCC(=O)N1CCCC1Cc1ccccc1Cl. The minimum Gasteiger partial charge on any atom is -0.338 e. The second-order valence-corrected chi connectivity index (χ2v) is 5.12. The van der Waals surface area contributed by atoms with Gasteiger partial charge < -0.3 is 10.2 Å². The van der Waals surface area contributed by atoms with Gasteiger partial charge in [-0.15, -0.1) is 0 Å². The van der Waals surface area contributed by atoms with Crippen molar-refractivity contribution in [2.45, 2.75) is 25.3 Å². The van der Waals surface area contributed by atoms with Crippen molar-refractivity contribution in [3.63, 3.8) is 0 Å². The monoisotopic (exact) mass is 266 g/mol. The first-order valence-corrected chi connectivity index (χ1v) is 6.77. The van der Waals surface area contributed by atoms with Gasteiger partial charge in [0, 0.05) is 17.6 Å². The van der Waals surface area contributed by atoms with E-state index in [2.05, 4.69) is 5.32 Å². The van der Waals surface area contributed by atoms with Gasteiger partial charge in [-0.2, -0.15) is 0 Å². The standard InChI is InChI=1S/C14H19ClN2O/c1-16-10-14(18)17-8-4-6-12(17)9-11-5-2-3-7-13(11)15/h2-3,5,7,12,16H,4,6,8-10H2,1H3. The van der Waals surface area contributed by atoms with Crippen LogP contribution in [0.3, 0.4) is 0 Å². The molecular formula is C14H19ClN2O. The predicted octanol–water partition coefficient (Wildman–Crippen LogP) is 2.09. The third kappa shape index (κ3) is 3.03. The van der Waals surface area contributed by atoms with Crippen LogP contribution in [0, 0.1) is 0 Å². The van der Waals surface area contributed by atoms with E-state index in [0.717, 1.165) is 36.4 Å². The Morgan fingerprint density at radius 3 is 3.00 bits per heavy atom. The van der Waals surface area contributed by atoms with E-state index in [-0.39, 0.29) is 5.91 Å². The molecule has 1 atom stereocenters. The van der Waals surface area contributed by atoms with E-state index in [1.54, 1.807) is 7.05 Å². The van der Waals surface area contributed by atoms with Crippen LogP contribution in [0.25, 0.3) is 0 Å². The average molecular weight is 267 g/mol. The van der Waals surface area contributed by atoms with Gasteiger partial charge in [-0.3, -0.25) is 4.79 Å². The van der Waals surface area contributed by atoms with Crippen LogP contribution in [0.4, 0.5) is 0 Å². The maximum Gasteiger partial charge on any atom is 0.236 e. The number of hydrogen-bond donors (Lipinski definition) is 1. The lowest BCUT2D eigenvalue weighted by Crippen LogP contribution is -2.41. The number of hydrogen-bond acceptors (Lipinski definition) is 2. The van der Waals surface area contributed by atoms with Gasteiger partial charge in [0.1, 0.15) is 0 Å². The molecule has 1 aromatic rings. The number of benzene rings is 1. The van der Waals surface area contributed by atoms with Crippen LogP contribution in [0.1, 0.15) is 18.4 Å². The lowest BCUT2D eigenvalue weighted by molar-refractivity contribution is -0.130. The fraction of sp³-hybridized carbons (Fsp3) is 0.500. The topological polar surface area (TPSA) is 32.3 Å². The molecule has 0 spiro atoms. The van der Waals surface area contributed by atoms with Crippen molar-refractivity contribution >= 4 is 17.5 Å². The predicted molar refractivity (Wildman–Crippen MR) is 73.8 cm³/mol. The lowest BCUT2D eigenvalue weighted by Gasteiger charge is -2.25. The molecular weight excluding hydrogens is 248 g/mol. The summed E-state index contributed by atoms with van der Waals surface area (Å²) >= 11 is 6.18. The van der Waals surface area contributed by atoms with Crippen molar-refractivity contribution in [3.05, 3.63) is 34.9 Å². The molecule has 18 heavy (non-hydrogen) atoms. The Bertz CT molecular complexity index is 422. The molecule has 1 aromatic carbocycles. The molecule has 2 rings (SSSR count). The molecule has 1 unspecified atom stereocenters. The normalized spacial score (nSPS) is 19.2. The lowest BCUT2D eigenvalue weighted by atomic mass is 10.0. The minimum atomic E-state index is 0.187. The number of amides is 1. The first-order valence-electron chi connectivity index (χ1n) is 6.40. The van der Waals surface area contributed by atoms with Gasteiger partial charge in [-0.1, -0.05) is 29.8 Å². The first kappa shape index (κ1) is 13.4. The highest BCUT2D eigenvalue weighted by molar-refractivity contribution is 6.31. The third-order valence-corrected chi connectivity index (χ3v) is 3.81. The average Bonchev–Trinajstić information content (AvgIpc) is 2.81. The number of nitrogens with one attached hydrogen (secondary N) is 1. The van der Waals surface area contributed by atoms with Crippen LogP contribution in [-0.4, -0.2) is 37.0 Å². The molecule has 1 amide bonds. The van der Waals surface area contributed by atoms with E-state index in [1.165, 1.54) is 0 Å². The molecule has 3 nitrogen and oxygen atoms in total. The van der Waals surface area contributed by atoms with Gasteiger partial charge in [0.2, 0.25) is 5.91 Å². The van der Waals surface area contributed by atoms with Crippen LogP contribution in [-0.2, 0) is 11.2 Å². The van der Waals surface area contributed by atoms with Gasteiger partial charge in [0.25, 0.3) is 0 Å². The van der Waals surface area contributed by atoms with Gasteiger partial charge in [-0.05, 0) is 37.9 Å². The number of likely N-dealkylation sites (N-methyl/N-ethyl adjacent to an activating group) is 1. The maximum atomic E-state index is 12.0. The Morgan fingerprint density at radius 1 is 1.50 bits per heavy atom. The van der Waals surface area contributed by atoms with Gasteiger partial charge in [-0.25, -0.2) is 0 Å². The van der Waals surface area contributed by atoms with Crippen molar-refractivity contribution in [1.29, 1.82) is 0 Å². The zero-order valence-corrected chi connectivity index (χ0v) is 11.4. The second kappa shape index (κ2) is 6.21. The fourth-order valence-corrected chi connectivity index (χ4v) is 2.76. The molecule has 4 heteroatoms. The second-order valence-electron chi connectivity index (χ2n) is 4.71. The minimum absolute atomic E-state index is 0.187. The summed E-state index contributed by atoms with van der Waals surface area (Å²) in [4.78, 5) is 13.9. The number of halogens is 1. The molecule has 0 saturated carbocycles. The van der Waals surface area contributed by atoms with E-state index in [4.69, 9.17) is 11.6 Å². The molecule has 1 N–H and O–H groups in total. The molecule has 98 valence electrons. The fourth-order valence-electron chi connectivity index (χ4n) is 2.55. The summed E-state index contributed by atoms with van der Waals surface area (Å²) in [6.45, 7) is 1.29. The van der Waals surface area contributed by atoms with E-state index in [1.807, 2.05) is 29.2 Å². The summed E-state index contributed by atoms with van der Waals surface area (Å²) in [6, 6.07) is 8.18. The molecule has 0 aliphatic carbocycles. The number of carbonyl (C=O) groups is 1. The van der Waals surface area contributed by atoms with Crippen LogP contribution in [0.2, 0.25) is 5.02 Å². The van der Waals surface area contributed by atoms with Crippen molar-refractivity contribution in [2.75, 3.05) is 20.1 Å². The quantitative estimate of drug-likeness (QED) is 0.905. The summed E-state index contributed by atoms with van der Waals surface area (Å²) in [5.41, 5.74) is 1.13. The maximum absolute atomic E-state index is 12.0. The van der Waals surface area contributed by atoms with Crippen LogP contribution >= 0.6 is 11.6 Å². The highest BCUT2D eigenvalue weighted by Gasteiger charge is 2.28. The summed E-state index contributed by atoms with van der Waals surface area (Å²) in [5.74, 6) is 0.187. The molecule has 0 aromatic heterocycles. The van der Waals surface area contributed by atoms with E-state index >= 15 is 0 Å². The third-order valence-electron chi connectivity index (χ3n) is 3.44. The van der Waals surface area contributed by atoms with Crippen LogP contribution in [0.15, 0.2) is 24.3 Å². The number of likely N-dealkylation sites (tertiary alicyclic amines) is 1. The van der Waals surface area contributed by atoms with Crippen molar-refractivity contribution in [1.82, 2.24) is 10.2 Å². The number of rotatable bonds is 4. The first-order chi connectivity index (χ1) is 8.72. The molecule has 1 aliphatic heterocycles. The Kier molecular flexibility index (Phi) is 4.61. The zero-order valence-electron chi connectivity index (χ0n) is 10.7. The van der Waals surface area contributed by atoms with Crippen LogP contribution < -0.4 is 5.32 Å². The van der Waals surface area contributed by atoms with Gasteiger partial charge in [0.15, 0.2) is 0 Å².